The summed E-state index contributed by atoms with van der Waals surface area (Å²) in [4.78, 5) is 19.2. The van der Waals surface area contributed by atoms with Gasteiger partial charge in [0.25, 0.3) is 0 Å². The average molecular weight is 672 g/mol. The Kier molecular flexibility index (Phi) is 8.48. The highest BCUT2D eigenvalue weighted by atomic mass is 19.1. The first-order chi connectivity index (χ1) is 23.9. The Morgan fingerprint density at radius 1 is 1.08 bits per heavy atom. The Labute approximate surface area is 283 Å². The van der Waals surface area contributed by atoms with E-state index in [1.807, 2.05) is 0 Å². The van der Waals surface area contributed by atoms with E-state index < -0.39 is 11.6 Å². The van der Waals surface area contributed by atoms with Crippen LogP contribution in [0.5, 0.6) is 11.8 Å². The number of halogens is 2. The number of aromatic nitrogens is 3. The molecule has 4 aromatic rings. The predicted molar refractivity (Wildman–Crippen MR) is 180 cm³/mol. The zero-order valence-electron chi connectivity index (χ0n) is 27.5. The monoisotopic (exact) mass is 671 g/mol. The Hall–Kier alpha value is -4.15. The van der Waals surface area contributed by atoms with Crippen LogP contribution in [0, 0.1) is 24.0 Å². The van der Waals surface area contributed by atoms with Crippen LogP contribution in [0.2, 0.25) is 0 Å². The molecule has 3 atom stereocenters. The fraction of sp³-hybridized carbons (Fsp3) is 0.486. The van der Waals surface area contributed by atoms with E-state index >= 15 is 8.78 Å². The van der Waals surface area contributed by atoms with Crippen molar-refractivity contribution in [3.8, 4) is 35.4 Å². The molecule has 3 fully saturated rings. The highest BCUT2D eigenvalue weighted by Crippen LogP contribution is 2.44. The fourth-order valence-electron chi connectivity index (χ4n) is 8.44. The van der Waals surface area contributed by atoms with Crippen molar-refractivity contribution in [3.63, 3.8) is 0 Å². The van der Waals surface area contributed by atoms with Gasteiger partial charge in [0, 0.05) is 37.3 Å². The summed E-state index contributed by atoms with van der Waals surface area (Å²) in [6.07, 6.45) is 11.6. The highest BCUT2D eigenvalue weighted by Gasteiger charge is 2.49. The van der Waals surface area contributed by atoms with Crippen LogP contribution >= 0.6 is 0 Å². The number of ether oxygens (including phenoxy) is 4. The van der Waals surface area contributed by atoms with Gasteiger partial charge < -0.3 is 29.0 Å². The number of hydrogen-bond acceptors (Lipinski definition) is 10. The van der Waals surface area contributed by atoms with Crippen molar-refractivity contribution < 1.29 is 32.8 Å². The summed E-state index contributed by atoms with van der Waals surface area (Å²) in [5.41, 5.74) is 0.790. The molecule has 12 heteroatoms. The number of terminal acetylenes is 1. The topological polar surface area (TPSA) is 102 Å². The molecule has 0 unspecified atom stereocenters. The van der Waals surface area contributed by atoms with Gasteiger partial charge in [-0.1, -0.05) is 12.0 Å². The van der Waals surface area contributed by atoms with Crippen LogP contribution < -0.4 is 14.4 Å². The molecule has 0 radical (unpaired) electrons. The molecular formula is C37H39F2N5O5. The first-order valence-electron chi connectivity index (χ1n) is 17.0. The third kappa shape index (κ3) is 5.44. The third-order valence-corrected chi connectivity index (χ3v) is 10.7. The van der Waals surface area contributed by atoms with Crippen molar-refractivity contribution in [2.45, 2.75) is 62.6 Å². The maximum atomic E-state index is 17.3. The van der Waals surface area contributed by atoms with Gasteiger partial charge in [-0.3, -0.25) is 4.90 Å². The van der Waals surface area contributed by atoms with Crippen LogP contribution in [-0.4, -0.2) is 96.0 Å². The summed E-state index contributed by atoms with van der Waals surface area (Å²) >= 11 is 0. The number of aryl methyl sites for hydroxylation is 1. The van der Waals surface area contributed by atoms with Gasteiger partial charge in [0.2, 0.25) is 0 Å². The minimum atomic E-state index is -0.684. The Bertz CT molecular complexity index is 1970. The molecule has 10 nitrogen and oxygen atoms in total. The standard InChI is InChI=1S/C37H39F2N5O5/c1-3-26-28(38)8-6-22-16-25(49-21-46-2)17-27(30(22)26)33-32(39)34-31-29(40-33)9-7-24-19-47-15-5-13-43(24)35(31)42-36(41-34)48-20-37-11-4-14-44(37)23(18-45)10-12-37/h1,6,8,16-17,23-24,45H,4-5,7,9-15,18-21H2,2H3/t23-,24-,37-/m0/s1. The van der Waals surface area contributed by atoms with Crippen LogP contribution in [-0.2, 0) is 15.9 Å². The lowest BCUT2D eigenvalue weighted by atomic mass is 9.95. The van der Waals surface area contributed by atoms with Gasteiger partial charge in [-0.2, -0.15) is 9.97 Å². The van der Waals surface area contributed by atoms with Crippen molar-refractivity contribution in [1.82, 2.24) is 19.9 Å². The fourth-order valence-corrected chi connectivity index (χ4v) is 8.44. The zero-order chi connectivity index (χ0) is 33.7. The van der Waals surface area contributed by atoms with Crippen LogP contribution in [0.3, 0.4) is 0 Å². The smallest absolute Gasteiger partial charge is 0.319 e. The van der Waals surface area contributed by atoms with Crippen molar-refractivity contribution in [3.05, 3.63) is 47.2 Å². The molecule has 3 saturated heterocycles. The molecule has 2 aromatic carbocycles. The number of fused-ring (bicyclic) bond motifs is 4. The number of anilines is 1. The lowest BCUT2D eigenvalue weighted by Gasteiger charge is -2.34. The van der Waals surface area contributed by atoms with Gasteiger partial charge in [0.05, 0.1) is 41.4 Å². The molecule has 8 rings (SSSR count). The summed E-state index contributed by atoms with van der Waals surface area (Å²) in [6.45, 7) is 3.14. The van der Waals surface area contributed by atoms with E-state index in [0.29, 0.717) is 72.6 Å². The second-order valence-corrected chi connectivity index (χ2v) is 13.5. The summed E-state index contributed by atoms with van der Waals surface area (Å²) in [7, 11) is 1.51. The number of aliphatic hydroxyl groups is 1. The van der Waals surface area contributed by atoms with Crippen molar-refractivity contribution in [2.75, 3.05) is 58.3 Å². The third-order valence-electron chi connectivity index (χ3n) is 10.7. The highest BCUT2D eigenvalue weighted by molar-refractivity contribution is 6.03. The number of pyridine rings is 1. The van der Waals surface area contributed by atoms with Gasteiger partial charge >= 0.3 is 6.01 Å². The Morgan fingerprint density at radius 3 is 2.82 bits per heavy atom. The second-order valence-electron chi connectivity index (χ2n) is 13.5. The maximum Gasteiger partial charge on any atom is 0.319 e. The van der Waals surface area contributed by atoms with E-state index in [0.717, 1.165) is 38.6 Å². The molecule has 4 aliphatic rings. The quantitative estimate of drug-likeness (QED) is 0.204. The summed E-state index contributed by atoms with van der Waals surface area (Å²) in [5.74, 6) is 2.16. The minimum Gasteiger partial charge on any atom is -0.468 e. The SMILES string of the molecule is C#Cc1c(F)ccc2cc(OCOC)cc(-c3nc4c5c(nc(OC[C@@]67CCCN6[C@H](CO)CC7)nc5c3F)N3CCCOC[C@@H]3CC4)c12. The molecule has 49 heavy (non-hydrogen) atoms. The molecule has 0 aliphatic carbocycles. The number of benzene rings is 2. The molecule has 256 valence electrons. The first-order valence-corrected chi connectivity index (χ1v) is 17.0. The molecule has 6 heterocycles. The molecule has 0 saturated carbocycles. The number of nitrogens with zero attached hydrogens (tertiary/aromatic N) is 5. The maximum absolute atomic E-state index is 17.3. The van der Waals surface area contributed by atoms with Gasteiger partial charge in [0.1, 0.15) is 35.2 Å². The van der Waals surface area contributed by atoms with Crippen LogP contribution in [0.25, 0.3) is 32.9 Å². The normalized spacial score (nSPS) is 23.6. The van der Waals surface area contributed by atoms with E-state index in [9.17, 15) is 5.11 Å². The number of rotatable bonds is 8. The van der Waals surface area contributed by atoms with Crippen LogP contribution in [0.15, 0.2) is 24.3 Å². The molecule has 1 N–H and O–H groups in total. The number of aliphatic hydroxyl groups excluding tert-OH is 1. The van der Waals surface area contributed by atoms with E-state index in [1.54, 1.807) is 18.2 Å². The Balaban J connectivity index is 1.32. The van der Waals surface area contributed by atoms with E-state index in [2.05, 4.69) is 15.7 Å². The van der Waals surface area contributed by atoms with Crippen molar-refractivity contribution in [1.29, 1.82) is 0 Å². The van der Waals surface area contributed by atoms with E-state index in [-0.39, 0.29) is 59.4 Å². The molecule has 0 spiro atoms. The van der Waals surface area contributed by atoms with Crippen molar-refractivity contribution in [2.24, 2.45) is 0 Å². The molecule has 2 aromatic heterocycles. The van der Waals surface area contributed by atoms with Crippen LogP contribution in [0.4, 0.5) is 14.6 Å². The number of hydrogen-bond donors (Lipinski definition) is 1. The van der Waals surface area contributed by atoms with Gasteiger partial charge in [-0.15, -0.1) is 6.42 Å². The average Bonchev–Trinajstić information content (AvgIpc) is 3.53. The molecule has 4 aliphatic heterocycles. The van der Waals surface area contributed by atoms with E-state index in [1.165, 1.54) is 13.2 Å². The lowest BCUT2D eigenvalue weighted by Crippen LogP contribution is -2.47. The molecule has 0 bridgehead atoms. The van der Waals surface area contributed by atoms with Gasteiger partial charge in [-0.05, 0) is 75.1 Å². The molecular weight excluding hydrogens is 632 g/mol. The first kappa shape index (κ1) is 32.1. The summed E-state index contributed by atoms with van der Waals surface area (Å²) in [6, 6.07) is 6.42. The molecule has 0 amide bonds. The Morgan fingerprint density at radius 2 is 1.98 bits per heavy atom. The van der Waals surface area contributed by atoms with Crippen molar-refractivity contribution >= 4 is 27.5 Å². The second kappa shape index (κ2) is 12.9. The van der Waals surface area contributed by atoms with Gasteiger partial charge in [-0.25, -0.2) is 13.8 Å². The summed E-state index contributed by atoms with van der Waals surface area (Å²) in [5, 5.41) is 11.5. The largest absolute Gasteiger partial charge is 0.468 e. The van der Waals surface area contributed by atoms with E-state index in [4.69, 9.17) is 40.3 Å². The minimum absolute atomic E-state index is 0.00645. The predicted octanol–water partition coefficient (Wildman–Crippen LogP) is 5.00. The van der Waals surface area contributed by atoms with Crippen LogP contribution in [0.1, 0.15) is 49.8 Å². The number of methoxy groups -OCH3 is 1. The van der Waals surface area contributed by atoms with Gasteiger partial charge in [0.15, 0.2) is 12.6 Å². The zero-order valence-corrected chi connectivity index (χ0v) is 27.5. The lowest BCUT2D eigenvalue weighted by molar-refractivity contribution is 0.0512. The summed E-state index contributed by atoms with van der Waals surface area (Å²) < 4.78 is 55.8.